The van der Waals surface area contributed by atoms with Crippen LogP contribution in [-0.2, 0) is 9.53 Å². The summed E-state index contributed by atoms with van der Waals surface area (Å²) in [5.41, 5.74) is 0.435. The molecule has 0 spiro atoms. The van der Waals surface area contributed by atoms with Crippen molar-refractivity contribution in [3.8, 4) is 0 Å². The van der Waals surface area contributed by atoms with Crippen LogP contribution >= 0.6 is 15.9 Å². The first kappa shape index (κ1) is 18.7. The summed E-state index contributed by atoms with van der Waals surface area (Å²) in [6, 6.07) is 6.50. The number of ether oxygens (including phenoxy) is 1. The summed E-state index contributed by atoms with van der Waals surface area (Å²) in [5.74, 6) is -0.292. The number of anilines is 2. The van der Waals surface area contributed by atoms with E-state index in [1.54, 1.807) is 37.4 Å². The topological polar surface area (TPSA) is 125 Å². The van der Waals surface area contributed by atoms with Gasteiger partial charge in [-0.3, -0.25) is 9.59 Å². The number of nitrogens with zero attached hydrogens (tertiary/aromatic N) is 1. The lowest BCUT2D eigenvalue weighted by Gasteiger charge is -2.10. The highest BCUT2D eigenvalue weighted by atomic mass is 79.9. The second-order valence-corrected chi connectivity index (χ2v) is 4.90. The Kier molecular flexibility index (Phi) is 7.23. The van der Waals surface area contributed by atoms with Crippen LogP contribution in [0.25, 0.3) is 0 Å². The Morgan fingerprint density at radius 3 is 2.78 bits per heavy atom. The average Bonchev–Trinajstić information content (AvgIpc) is 2.93. The van der Waals surface area contributed by atoms with Gasteiger partial charge in [-0.05, 0) is 47.1 Å². The van der Waals surface area contributed by atoms with Crippen molar-refractivity contribution in [3.05, 3.63) is 40.9 Å². The number of rotatable bonds is 6. The van der Waals surface area contributed by atoms with E-state index in [9.17, 15) is 9.59 Å². The van der Waals surface area contributed by atoms with Crippen molar-refractivity contribution in [1.29, 1.82) is 0 Å². The maximum atomic E-state index is 12.0. The molecule has 0 bridgehead atoms. The van der Waals surface area contributed by atoms with Gasteiger partial charge in [0.15, 0.2) is 10.4 Å². The molecule has 8 nitrogen and oxygen atoms in total. The van der Waals surface area contributed by atoms with E-state index in [1.807, 2.05) is 0 Å². The number of pyridine rings is 1. The number of hydrogen-bond acceptors (Lipinski definition) is 6. The molecule has 0 saturated carbocycles. The van der Waals surface area contributed by atoms with E-state index in [-0.39, 0.29) is 17.8 Å². The van der Waals surface area contributed by atoms with Crippen LogP contribution in [0.5, 0.6) is 0 Å². The van der Waals surface area contributed by atoms with Crippen LogP contribution in [-0.4, -0.2) is 35.5 Å². The zero-order valence-electron chi connectivity index (χ0n) is 12.3. The molecule has 23 heavy (non-hydrogen) atoms. The molecule has 0 aromatic carbocycles. The Morgan fingerprint density at radius 2 is 2.13 bits per heavy atom. The molecule has 0 aliphatic carbocycles. The van der Waals surface area contributed by atoms with Crippen molar-refractivity contribution in [2.75, 3.05) is 23.8 Å². The summed E-state index contributed by atoms with van der Waals surface area (Å²) in [6.07, 6.45) is 1.55. The molecule has 1 amide bonds. The number of carbonyl (C=O) groups excluding carboxylic acids is 2. The highest BCUT2D eigenvalue weighted by molar-refractivity contribution is 9.10. The first-order valence-electron chi connectivity index (χ1n) is 6.51. The van der Waals surface area contributed by atoms with E-state index in [1.165, 1.54) is 0 Å². The van der Waals surface area contributed by atoms with Crippen molar-refractivity contribution in [2.24, 2.45) is 0 Å². The van der Waals surface area contributed by atoms with Gasteiger partial charge in [0.1, 0.15) is 12.4 Å². The van der Waals surface area contributed by atoms with Crippen LogP contribution in [0.15, 0.2) is 39.5 Å². The van der Waals surface area contributed by atoms with Crippen LogP contribution in [0.4, 0.5) is 11.5 Å². The summed E-state index contributed by atoms with van der Waals surface area (Å²) < 4.78 is 10.5. The number of hydrogen-bond donors (Lipinski definition) is 2. The number of amides is 1. The predicted molar refractivity (Wildman–Crippen MR) is 87.3 cm³/mol. The fourth-order valence-corrected chi connectivity index (χ4v) is 1.94. The second kappa shape index (κ2) is 8.91. The Hall–Kier alpha value is -2.39. The number of nitrogens with one attached hydrogen (secondary N) is 2. The van der Waals surface area contributed by atoms with Gasteiger partial charge in [0.2, 0.25) is 0 Å². The third-order valence-corrected chi connectivity index (χ3v) is 2.98. The first-order valence-corrected chi connectivity index (χ1v) is 7.30. The molecule has 0 aliphatic heterocycles. The van der Waals surface area contributed by atoms with E-state index in [4.69, 9.17) is 9.15 Å². The highest BCUT2D eigenvalue weighted by Crippen LogP contribution is 2.20. The number of esters is 1. The molecule has 2 aromatic heterocycles. The number of aromatic nitrogens is 1. The standard InChI is InChI=1S/C14H14BrN3O4.H2O/c1-2-21-12(19)8-17-13-9(4-3-7-16-13)18-14(20)10-5-6-11(15)22-10;/h3-7H,2,8H2,1H3,(H,16,17)(H,18,20);1H2. The molecule has 0 saturated heterocycles. The quantitative estimate of drug-likeness (QED) is 0.730. The minimum Gasteiger partial charge on any atom is -0.465 e. The van der Waals surface area contributed by atoms with Crippen LogP contribution in [0, 0.1) is 0 Å². The van der Waals surface area contributed by atoms with Gasteiger partial charge in [0.05, 0.1) is 12.3 Å². The van der Waals surface area contributed by atoms with Gasteiger partial charge in [-0.1, -0.05) is 0 Å². The largest absolute Gasteiger partial charge is 0.465 e. The molecule has 2 rings (SSSR count). The van der Waals surface area contributed by atoms with Gasteiger partial charge in [-0.2, -0.15) is 0 Å². The maximum absolute atomic E-state index is 12.0. The van der Waals surface area contributed by atoms with Crippen LogP contribution in [0.2, 0.25) is 0 Å². The fraction of sp³-hybridized carbons (Fsp3) is 0.214. The van der Waals surface area contributed by atoms with Gasteiger partial charge in [-0.25, -0.2) is 4.98 Å². The van der Waals surface area contributed by atoms with E-state index < -0.39 is 11.9 Å². The van der Waals surface area contributed by atoms with Crippen LogP contribution in [0.3, 0.4) is 0 Å². The Morgan fingerprint density at radius 1 is 1.35 bits per heavy atom. The Bertz CT molecular complexity index is 674. The molecular formula is C14H16BrN3O5. The molecular weight excluding hydrogens is 370 g/mol. The minimum absolute atomic E-state index is 0. The monoisotopic (exact) mass is 385 g/mol. The molecule has 2 heterocycles. The summed E-state index contributed by atoms with van der Waals surface area (Å²) in [7, 11) is 0. The Balaban J connectivity index is 0.00000264. The molecule has 0 atom stereocenters. The lowest BCUT2D eigenvalue weighted by Crippen LogP contribution is -2.19. The van der Waals surface area contributed by atoms with Gasteiger partial charge >= 0.3 is 5.97 Å². The maximum Gasteiger partial charge on any atom is 0.325 e. The third kappa shape index (κ3) is 5.38. The molecule has 0 aliphatic rings. The van der Waals surface area contributed by atoms with Crippen LogP contribution in [0.1, 0.15) is 17.5 Å². The zero-order valence-corrected chi connectivity index (χ0v) is 13.8. The normalized spacial score (nSPS) is 9.65. The highest BCUT2D eigenvalue weighted by Gasteiger charge is 2.13. The van der Waals surface area contributed by atoms with Gasteiger partial charge < -0.3 is 25.3 Å². The van der Waals surface area contributed by atoms with E-state index in [0.717, 1.165) is 0 Å². The van der Waals surface area contributed by atoms with Gasteiger partial charge in [0.25, 0.3) is 5.91 Å². The van der Waals surface area contributed by atoms with Crippen LogP contribution < -0.4 is 10.6 Å². The predicted octanol–water partition coefficient (Wildman–Crippen LogP) is 1.84. The summed E-state index contributed by atoms with van der Waals surface area (Å²) in [6.45, 7) is 1.99. The molecule has 4 N–H and O–H groups in total. The molecule has 0 unspecified atom stereocenters. The molecule has 0 radical (unpaired) electrons. The molecule has 124 valence electrons. The first-order chi connectivity index (χ1) is 10.6. The molecule has 2 aromatic rings. The van der Waals surface area contributed by atoms with E-state index in [2.05, 4.69) is 31.5 Å². The van der Waals surface area contributed by atoms with Crippen molar-refractivity contribution in [1.82, 2.24) is 4.98 Å². The summed E-state index contributed by atoms with van der Waals surface area (Å²) in [4.78, 5) is 27.5. The third-order valence-electron chi connectivity index (χ3n) is 2.56. The smallest absolute Gasteiger partial charge is 0.325 e. The Labute approximate surface area is 140 Å². The van der Waals surface area contributed by atoms with E-state index >= 15 is 0 Å². The second-order valence-electron chi connectivity index (χ2n) is 4.12. The minimum atomic E-state index is -0.419. The molecule has 9 heteroatoms. The zero-order chi connectivity index (χ0) is 15.9. The fourth-order valence-electron chi connectivity index (χ4n) is 1.64. The summed E-state index contributed by atoms with van der Waals surface area (Å²) >= 11 is 3.13. The van der Waals surface area contributed by atoms with Crippen molar-refractivity contribution >= 4 is 39.3 Å². The molecule has 0 fully saturated rings. The van der Waals surface area contributed by atoms with E-state index in [0.29, 0.717) is 22.8 Å². The van der Waals surface area contributed by atoms with Crippen molar-refractivity contribution < 1.29 is 24.2 Å². The summed E-state index contributed by atoms with van der Waals surface area (Å²) in [5, 5.41) is 5.48. The SMILES string of the molecule is CCOC(=O)CNc1ncccc1NC(=O)c1ccc(Br)o1.O. The van der Waals surface area contributed by atoms with Crippen molar-refractivity contribution in [3.63, 3.8) is 0 Å². The lowest BCUT2D eigenvalue weighted by atomic mass is 10.3. The van der Waals surface area contributed by atoms with Crippen molar-refractivity contribution in [2.45, 2.75) is 6.92 Å². The average molecular weight is 386 g/mol. The number of furan rings is 1. The lowest BCUT2D eigenvalue weighted by molar-refractivity contribution is -0.140. The number of carbonyl (C=O) groups is 2. The number of halogens is 1. The van der Waals surface area contributed by atoms with Gasteiger partial charge in [-0.15, -0.1) is 0 Å². The van der Waals surface area contributed by atoms with Gasteiger partial charge in [0, 0.05) is 6.20 Å².